The van der Waals surface area contributed by atoms with E-state index < -0.39 is 5.97 Å². The SMILES string of the molecule is COc1cc(-c2ccc(C=O)o2)cc(CCC(=O)O)c1OC. The summed E-state index contributed by atoms with van der Waals surface area (Å²) < 4.78 is 16.0. The second-order valence-electron chi connectivity index (χ2n) is 4.58. The first kappa shape index (κ1) is 15.6. The molecule has 22 heavy (non-hydrogen) atoms. The Kier molecular flexibility index (Phi) is 4.83. The van der Waals surface area contributed by atoms with Crippen molar-refractivity contribution in [1.29, 1.82) is 0 Å². The summed E-state index contributed by atoms with van der Waals surface area (Å²) >= 11 is 0. The van der Waals surface area contributed by atoms with E-state index in [0.29, 0.717) is 41.1 Å². The molecule has 0 aliphatic heterocycles. The standard InChI is InChI=1S/C16H16O6/c1-20-14-8-11(13-5-4-12(9-17)22-13)7-10(16(14)21-2)3-6-15(18)19/h4-5,7-9H,3,6H2,1-2H3,(H,18,19). The molecular formula is C16H16O6. The highest BCUT2D eigenvalue weighted by atomic mass is 16.5. The maximum atomic E-state index is 10.8. The Bertz CT molecular complexity index is 686. The molecule has 0 spiro atoms. The molecule has 0 aliphatic carbocycles. The van der Waals surface area contributed by atoms with Crippen LogP contribution in [0.25, 0.3) is 11.3 Å². The largest absolute Gasteiger partial charge is 0.493 e. The number of methoxy groups -OCH3 is 2. The molecule has 2 aromatic rings. The van der Waals surface area contributed by atoms with E-state index in [0.717, 1.165) is 0 Å². The maximum Gasteiger partial charge on any atom is 0.303 e. The van der Waals surface area contributed by atoms with Gasteiger partial charge in [0.25, 0.3) is 0 Å². The molecule has 116 valence electrons. The Hall–Kier alpha value is -2.76. The molecule has 2 rings (SSSR count). The molecule has 1 heterocycles. The minimum atomic E-state index is -0.896. The van der Waals surface area contributed by atoms with Gasteiger partial charge < -0.3 is 19.0 Å². The lowest BCUT2D eigenvalue weighted by atomic mass is 10.0. The second kappa shape index (κ2) is 6.80. The van der Waals surface area contributed by atoms with E-state index in [1.54, 1.807) is 24.3 Å². The quantitative estimate of drug-likeness (QED) is 0.792. The van der Waals surface area contributed by atoms with Gasteiger partial charge in [-0.1, -0.05) is 0 Å². The van der Waals surface area contributed by atoms with Crippen LogP contribution in [-0.4, -0.2) is 31.6 Å². The summed E-state index contributed by atoms with van der Waals surface area (Å²) in [5, 5.41) is 8.86. The van der Waals surface area contributed by atoms with Gasteiger partial charge in [0, 0.05) is 12.0 Å². The summed E-state index contributed by atoms with van der Waals surface area (Å²) in [6.45, 7) is 0. The predicted molar refractivity (Wildman–Crippen MR) is 78.6 cm³/mol. The van der Waals surface area contributed by atoms with Gasteiger partial charge in [0.05, 0.1) is 14.2 Å². The number of aldehydes is 1. The molecule has 1 N–H and O–H groups in total. The van der Waals surface area contributed by atoms with E-state index >= 15 is 0 Å². The molecule has 0 aliphatic rings. The minimum Gasteiger partial charge on any atom is -0.493 e. The first-order valence-corrected chi connectivity index (χ1v) is 6.61. The summed E-state index contributed by atoms with van der Waals surface area (Å²) in [5.41, 5.74) is 1.38. The topological polar surface area (TPSA) is 86.0 Å². The van der Waals surface area contributed by atoms with Crippen LogP contribution in [-0.2, 0) is 11.2 Å². The van der Waals surface area contributed by atoms with Gasteiger partial charge in [0.15, 0.2) is 23.5 Å². The van der Waals surface area contributed by atoms with Gasteiger partial charge in [-0.25, -0.2) is 0 Å². The number of carbonyl (C=O) groups is 2. The average Bonchev–Trinajstić information content (AvgIpc) is 3.00. The van der Waals surface area contributed by atoms with Crippen molar-refractivity contribution in [3.8, 4) is 22.8 Å². The number of carbonyl (C=O) groups excluding carboxylic acids is 1. The zero-order chi connectivity index (χ0) is 16.1. The van der Waals surface area contributed by atoms with Gasteiger partial charge in [0.1, 0.15) is 5.76 Å². The maximum absolute atomic E-state index is 10.8. The lowest BCUT2D eigenvalue weighted by molar-refractivity contribution is -0.136. The number of aryl methyl sites for hydroxylation is 1. The fourth-order valence-electron chi connectivity index (χ4n) is 2.18. The van der Waals surface area contributed by atoms with Crippen LogP contribution in [0.4, 0.5) is 0 Å². The molecule has 6 nitrogen and oxygen atoms in total. The van der Waals surface area contributed by atoms with Crippen LogP contribution in [0.5, 0.6) is 11.5 Å². The van der Waals surface area contributed by atoms with E-state index in [1.807, 2.05) is 0 Å². The summed E-state index contributed by atoms with van der Waals surface area (Å²) in [6.07, 6.45) is 0.889. The third-order valence-corrected chi connectivity index (χ3v) is 3.19. The van der Waals surface area contributed by atoms with Crippen molar-refractivity contribution in [3.05, 3.63) is 35.6 Å². The highest BCUT2D eigenvalue weighted by Gasteiger charge is 2.16. The monoisotopic (exact) mass is 304 g/mol. The Morgan fingerprint density at radius 1 is 1.27 bits per heavy atom. The molecule has 6 heteroatoms. The van der Waals surface area contributed by atoms with E-state index in [1.165, 1.54) is 14.2 Å². The third kappa shape index (κ3) is 3.28. The van der Waals surface area contributed by atoms with Crippen molar-refractivity contribution in [2.45, 2.75) is 12.8 Å². The Morgan fingerprint density at radius 3 is 2.59 bits per heavy atom. The van der Waals surface area contributed by atoms with Crippen LogP contribution in [0, 0.1) is 0 Å². The van der Waals surface area contributed by atoms with Crippen LogP contribution < -0.4 is 9.47 Å². The zero-order valence-electron chi connectivity index (χ0n) is 12.3. The number of furan rings is 1. The Morgan fingerprint density at radius 2 is 2.05 bits per heavy atom. The van der Waals surface area contributed by atoms with Crippen LogP contribution in [0.2, 0.25) is 0 Å². The normalized spacial score (nSPS) is 10.3. The molecule has 0 fully saturated rings. The molecule has 0 unspecified atom stereocenters. The van der Waals surface area contributed by atoms with Gasteiger partial charge >= 0.3 is 5.97 Å². The highest BCUT2D eigenvalue weighted by molar-refractivity contribution is 5.74. The fourth-order valence-corrected chi connectivity index (χ4v) is 2.18. The summed E-state index contributed by atoms with van der Waals surface area (Å²) in [6, 6.07) is 6.73. The first-order valence-electron chi connectivity index (χ1n) is 6.61. The van der Waals surface area contributed by atoms with Crippen molar-refractivity contribution in [3.63, 3.8) is 0 Å². The van der Waals surface area contributed by atoms with Crippen molar-refractivity contribution < 1.29 is 28.6 Å². The summed E-state index contributed by atoms with van der Waals surface area (Å²) in [4.78, 5) is 21.5. The summed E-state index contributed by atoms with van der Waals surface area (Å²) in [7, 11) is 3.00. The van der Waals surface area contributed by atoms with Crippen LogP contribution in [0.15, 0.2) is 28.7 Å². The van der Waals surface area contributed by atoms with Gasteiger partial charge in [-0.05, 0) is 36.2 Å². The zero-order valence-corrected chi connectivity index (χ0v) is 12.3. The van der Waals surface area contributed by atoms with Gasteiger partial charge in [-0.3, -0.25) is 9.59 Å². The van der Waals surface area contributed by atoms with Crippen LogP contribution in [0.3, 0.4) is 0 Å². The molecule has 0 bridgehead atoms. The van der Waals surface area contributed by atoms with E-state index in [4.69, 9.17) is 19.0 Å². The first-order chi connectivity index (χ1) is 10.6. The minimum absolute atomic E-state index is 0.0271. The number of hydrogen-bond donors (Lipinski definition) is 1. The molecule has 0 saturated heterocycles. The number of carboxylic acids is 1. The lowest BCUT2D eigenvalue weighted by Gasteiger charge is -2.14. The van der Waals surface area contributed by atoms with Crippen molar-refractivity contribution in [2.75, 3.05) is 14.2 Å². The van der Waals surface area contributed by atoms with Crippen molar-refractivity contribution in [2.24, 2.45) is 0 Å². The second-order valence-corrected chi connectivity index (χ2v) is 4.58. The van der Waals surface area contributed by atoms with E-state index in [9.17, 15) is 9.59 Å². The average molecular weight is 304 g/mol. The van der Waals surface area contributed by atoms with Gasteiger partial charge in [0.2, 0.25) is 0 Å². The number of rotatable bonds is 7. The van der Waals surface area contributed by atoms with Crippen LogP contribution >= 0.6 is 0 Å². The van der Waals surface area contributed by atoms with E-state index in [2.05, 4.69) is 0 Å². The number of aliphatic carboxylic acids is 1. The lowest BCUT2D eigenvalue weighted by Crippen LogP contribution is -2.01. The van der Waals surface area contributed by atoms with E-state index in [-0.39, 0.29) is 12.2 Å². The molecule has 0 radical (unpaired) electrons. The third-order valence-electron chi connectivity index (χ3n) is 3.19. The van der Waals surface area contributed by atoms with Crippen LogP contribution in [0.1, 0.15) is 22.5 Å². The fraction of sp³-hybridized carbons (Fsp3) is 0.250. The molecule has 0 atom stereocenters. The Labute approximate surface area is 127 Å². The number of hydrogen-bond acceptors (Lipinski definition) is 5. The van der Waals surface area contributed by atoms with Crippen molar-refractivity contribution >= 4 is 12.3 Å². The number of carboxylic acid groups (broad SMARTS) is 1. The molecule has 1 aromatic heterocycles. The smallest absolute Gasteiger partial charge is 0.303 e. The van der Waals surface area contributed by atoms with Gasteiger partial charge in [-0.2, -0.15) is 0 Å². The highest BCUT2D eigenvalue weighted by Crippen LogP contribution is 2.37. The number of benzene rings is 1. The molecule has 0 amide bonds. The van der Waals surface area contributed by atoms with Crippen molar-refractivity contribution in [1.82, 2.24) is 0 Å². The molecular weight excluding hydrogens is 288 g/mol. The predicted octanol–water partition coefficient (Wildman–Crippen LogP) is 2.79. The Balaban J connectivity index is 2.48. The molecule has 0 saturated carbocycles. The number of ether oxygens (including phenoxy) is 2. The van der Waals surface area contributed by atoms with Gasteiger partial charge in [-0.15, -0.1) is 0 Å². The summed E-state index contributed by atoms with van der Waals surface area (Å²) in [5.74, 6) is 0.795. The molecule has 1 aromatic carbocycles.